The van der Waals surface area contributed by atoms with E-state index in [1.807, 2.05) is 19.0 Å². The Kier molecular flexibility index (Phi) is 6.76. The fraction of sp³-hybridized carbons (Fsp3) is 0.444. The van der Waals surface area contributed by atoms with Crippen LogP contribution in [0.4, 0.5) is 0 Å². The van der Waals surface area contributed by atoms with Crippen LogP contribution in [0.2, 0.25) is 0 Å². The first-order chi connectivity index (χ1) is 13.7. The summed E-state index contributed by atoms with van der Waals surface area (Å²) < 4.78 is 65.1. The molecule has 0 spiro atoms. The molecule has 0 radical (unpaired) electrons. The standard InChI is InChI=1S/C18H25N3O6S2/c1-20(2)17(18-4-3-11-27-18)14-19-28(22,23)15-5-7-16(8-6-15)29(24,25)21-9-12-26-13-10-21/h3-8,11,17,19H,9-10,12-14H2,1-2H3. The van der Waals surface area contributed by atoms with Gasteiger partial charge in [-0.3, -0.25) is 4.90 Å². The summed E-state index contributed by atoms with van der Waals surface area (Å²) in [4.78, 5) is 1.90. The molecular weight excluding hydrogens is 418 g/mol. The molecule has 0 saturated carbocycles. The zero-order valence-corrected chi connectivity index (χ0v) is 17.9. The highest BCUT2D eigenvalue weighted by atomic mass is 32.2. The molecule has 160 valence electrons. The van der Waals surface area contributed by atoms with Crippen molar-refractivity contribution in [2.45, 2.75) is 15.8 Å². The van der Waals surface area contributed by atoms with Gasteiger partial charge >= 0.3 is 0 Å². The molecule has 1 aliphatic heterocycles. The molecule has 1 aromatic heterocycles. The van der Waals surface area contributed by atoms with Gasteiger partial charge in [0, 0.05) is 19.6 Å². The van der Waals surface area contributed by atoms with E-state index >= 15 is 0 Å². The van der Waals surface area contributed by atoms with E-state index in [2.05, 4.69) is 4.72 Å². The second-order valence-electron chi connectivity index (χ2n) is 6.83. The molecule has 9 nitrogen and oxygen atoms in total. The van der Waals surface area contributed by atoms with Crippen LogP contribution in [-0.4, -0.2) is 73.0 Å². The van der Waals surface area contributed by atoms with Gasteiger partial charge in [-0.2, -0.15) is 4.31 Å². The number of nitrogens with one attached hydrogen (secondary N) is 1. The lowest BCUT2D eigenvalue weighted by molar-refractivity contribution is 0.0730. The van der Waals surface area contributed by atoms with Gasteiger partial charge < -0.3 is 9.15 Å². The molecular formula is C18H25N3O6S2. The van der Waals surface area contributed by atoms with Crippen molar-refractivity contribution in [3.63, 3.8) is 0 Å². The Labute approximate surface area is 171 Å². The highest BCUT2D eigenvalue weighted by Gasteiger charge is 2.27. The monoisotopic (exact) mass is 443 g/mol. The zero-order chi connectivity index (χ0) is 21.1. The third kappa shape index (κ3) is 5.05. The van der Waals surface area contributed by atoms with E-state index in [0.29, 0.717) is 19.0 Å². The molecule has 0 amide bonds. The molecule has 1 fully saturated rings. The quantitative estimate of drug-likeness (QED) is 0.645. The van der Waals surface area contributed by atoms with Crippen LogP contribution >= 0.6 is 0 Å². The second-order valence-corrected chi connectivity index (χ2v) is 10.5. The van der Waals surface area contributed by atoms with Crippen LogP contribution in [0.3, 0.4) is 0 Å². The third-order valence-corrected chi connectivity index (χ3v) is 8.06. The average Bonchev–Trinajstić information content (AvgIpc) is 3.23. The third-order valence-electron chi connectivity index (χ3n) is 4.70. The molecule has 1 aliphatic rings. The zero-order valence-electron chi connectivity index (χ0n) is 16.3. The van der Waals surface area contributed by atoms with Gasteiger partial charge in [-0.25, -0.2) is 21.6 Å². The minimum absolute atomic E-state index is 0.00428. The van der Waals surface area contributed by atoms with Crippen molar-refractivity contribution in [1.29, 1.82) is 0 Å². The molecule has 0 bridgehead atoms. The fourth-order valence-corrected chi connectivity index (χ4v) is 5.46. The molecule has 1 N–H and O–H groups in total. The predicted octanol–water partition coefficient (Wildman–Crippen LogP) is 0.882. The predicted molar refractivity (Wildman–Crippen MR) is 106 cm³/mol. The van der Waals surface area contributed by atoms with Crippen LogP contribution in [0.5, 0.6) is 0 Å². The largest absolute Gasteiger partial charge is 0.468 e. The number of hydrogen-bond donors (Lipinski definition) is 1. The topological polar surface area (TPSA) is 109 Å². The number of sulfonamides is 2. The molecule has 1 unspecified atom stereocenters. The summed E-state index contributed by atoms with van der Waals surface area (Å²) in [5, 5.41) is 0. The number of rotatable bonds is 8. The molecule has 29 heavy (non-hydrogen) atoms. The maximum Gasteiger partial charge on any atom is 0.243 e. The van der Waals surface area contributed by atoms with Crippen molar-refractivity contribution in [2.24, 2.45) is 0 Å². The summed E-state index contributed by atoms with van der Waals surface area (Å²) in [6, 6.07) is 8.48. The van der Waals surface area contributed by atoms with Crippen LogP contribution in [0.25, 0.3) is 0 Å². The maximum atomic E-state index is 12.7. The Morgan fingerprint density at radius 2 is 1.66 bits per heavy atom. The SMILES string of the molecule is CN(C)C(CNS(=O)(=O)c1ccc(S(=O)(=O)N2CCOCC2)cc1)c1ccco1. The van der Waals surface area contributed by atoms with Gasteiger partial charge in [0.25, 0.3) is 0 Å². The molecule has 1 saturated heterocycles. The Hall–Kier alpha value is -1.76. The van der Waals surface area contributed by atoms with Crippen LogP contribution < -0.4 is 4.72 Å². The van der Waals surface area contributed by atoms with Crippen molar-refractivity contribution in [2.75, 3.05) is 46.9 Å². The lowest BCUT2D eigenvalue weighted by Gasteiger charge is -2.26. The van der Waals surface area contributed by atoms with E-state index < -0.39 is 20.0 Å². The van der Waals surface area contributed by atoms with Crippen molar-refractivity contribution >= 4 is 20.0 Å². The number of ether oxygens (including phenoxy) is 1. The highest BCUT2D eigenvalue weighted by molar-refractivity contribution is 7.89. The van der Waals surface area contributed by atoms with Gasteiger partial charge in [0.2, 0.25) is 20.0 Å². The maximum absolute atomic E-state index is 12.7. The van der Waals surface area contributed by atoms with Gasteiger partial charge in [0.15, 0.2) is 0 Å². The second kappa shape index (κ2) is 8.94. The smallest absolute Gasteiger partial charge is 0.243 e. The van der Waals surface area contributed by atoms with Crippen molar-refractivity contribution in [3.8, 4) is 0 Å². The molecule has 1 aromatic carbocycles. The molecule has 2 aromatic rings. The highest BCUT2D eigenvalue weighted by Crippen LogP contribution is 2.21. The number of benzene rings is 1. The number of nitrogens with zero attached hydrogens (tertiary/aromatic N) is 2. The Bertz CT molecular complexity index is 996. The first-order valence-electron chi connectivity index (χ1n) is 9.09. The molecule has 11 heteroatoms. The van der Waals surface area contributed by atoms with Crippen molar-refractivity contribution < 1.29 is 26.0 Å². The minimum Gasteiger partial charge on any atom is -0.468 e. The van der Waals surface area contributed by atoms with E-state index in [9.17, 15) is 16.8 Å². The van der Waals surface area contributed by atoms with Crippen molar-refractivity contribution in [1.82, 2.24) is 13.9 Å². The summed E-state index contributed by atoms with van der Waals surface area (Å²) in [7, 11) is -3.83. The van der Waals surface area contributed by atoms with Gasteiger partial charge in [0.1, 0.15) is 5.76 Å². The average molecular weight is 444 g/mol. The van der Waals surface area contributed by atoms with Crippen LogP contribution in [-0.2, 0) is 24.8 Å². The number of furan rings is 1. The summed E-state index contributed by atoms with van der Waals surface area (Å²) in [5.41, 5.74) is 0. The number of likely N-dealkylation sites (N-methyl/N-ethyl adjacent to an activating group) is 1. The van der Waals surface area contributed by atoms with E-state index in [-0.39, 0.29) is 35.5 Å². The van der Waals surface area contributed by atoms with Crippen LogP contribution in [0, 0.1) is 0 Å². The number of hydrogen-bond acceptors (Lipinski definition) is 7. The van der Waals surface area contributed by atoms with Gasteiger partial charge in [-0.1, -0.05) is 0 Å². The first-order valence-corrected chi connectivity index (χ1v) is 12.0. The van der Waals surface area contributed by atoms with E-state index in [1.165, 1.54) is 34.8 Å². The van der Waals surface area contributed by atoms with E-state index in [1.54, 1.807) is 12.1 Å². The number of morpholine rings is 1. The Morgan fingerprint density at radius 1 is 1.03 bits per heavy atom. The summed E-state index contributed by atoms with van der Waals surface area (Å²) in [6.45, 7) is 1.36. The Morgan fingerprint density at radius 3 is 2.21 bits per heavy atom. The first kappa shape index (κ1) is 21.9. The van der Waals surface area contributed by atoms with E-state index in [0.717, 1.165) is 0 Å². The van der Waals surface area contributed by atoms with Crippen molar-refractivity contribution in [3.05, 3.63) is 48.4 Å². The van der Waals surface area contributed by atoms with E-state index in [4.69, 9.17) is 9.15 Å². The van der Waals surface area contributed by atoms with Crippen LogP contribution in [0.1, 0.15) is 11.8 Å². The summed E-state index contributed by atoms with van der Waals surface area (Å²) in [6.07, 6.45) is 1.54. The summed E-state index contributed by atoms with van der Waals surface area (Å²) in [5.74, 6) is 0.643. The fourth-order valence-electron chi connectivity index (χ4n) is 3.02. The van der Waals surface area contributed by atoms with Crippen LogP contribution in [0.15, 0.2) is 56.9 Å². The molecule has 1 atom stereocenters. The normalized spacial score (nSPS) is 17.5. The Balaban J connectivity index is 1.72. The lowest BCUT2D eigenvalue weighted by Crippen LogP contribution is -2.40. The molecule has 3 rings (SSSR count). The molecule has 0 aliphatic carbocycles. The van der Waals surface area contributed by atoms with Gasteiger partial charge in [-0.05, 0) is 50.5 Å². The molecule has 2 heterocycles. The van der Waals surface area contributed by atoms with Gasteiger partial charge in [0.05, 0.1) is 35.3 Å². The lowest BCUT2D eigenvalue weighted by atomic mass is 10.2. The van der Waals surface area contributed by atoms with Gasteiger partial charge in [-0.15, -0.1) is 0 Å². The summed E-state index contributed by atoms with van der Waals surface area (Å²) >= 11 is 0. The minimum atomic E-state index is -3.81.